The van der Waals surface area contributed by atoms with E-state index < -0.39 is 0 Å². The van der Waals surface area contributed by atoms with Gasteiger partial charge in [-0.05, 0) is 24.7 Å². The largest absolute Gasteiger partial charge is 0.393 e. The van der Waals surface area contributed by atoms with Crippen molar-refractivity contribution in [2.45, 2.75) is 78.7 Å². The summed E-state index contributed by atoms with van der Waals surface area (Å²) < 4.78 is 0. The lowest BCUT2D eigenvalue weighted by atomic mass is 9.77. The van der Waals surface area contributed by atoms with E-state index in [0.717, 1.165) is 12.8 Å². The van der Waals surface area contributed by atoms with E-state index in [-0.39, 0.29) is 6.10 Å². The molecule has 14 heavy (non-hydrogen) atoms. The van der Waals surface area contributed by atoms with Gasteiger partial charge < -0.3 is 5.11 Å². The Balaban J connectivity index is 3.90. The summed E-state index contributed by atoms with van der Waals surface area (Å²) in [7, 11) is 0. The number of aliphatic hydroxyl groups is 1. The SMILES string of the molecule is CCCCCC(C)(CC)CC(O)CC. The molecule has 0 saturated heterocycles. The van der Waals surface area contributed by atoms with Crippen LogP contribution in [0.25, 0.3) is 0 Å². The maximum atomic E-state index is 9.68. The molecule has 1 heteroatoms. The van der Waals surface area contributed by atoms with Crippen LogP contribution < -0.4 is 0 Å². The van der Waals surface area contributed by atoms with Crippen molar-refractivity contribution in [2.24, 2.45) is 5.41 Å². The van der Waals surface area contributed by atoms with Crippen molar-refractivity contribution in [3.05, 3.63) is 0 Å². The van der Waals surface area contributed by atoms with Crippen molar-refractivity contribution >= 4 is 0 Å². The van der Waals surface area contributed by atoms with E-state index in [1.54, 1.807) is 0 Å². The molecule has 0 saturated carbocycles. The van der Waals surface area contributed by atoms with Crippen LogP contribution >= 0.6 is 0 Å². The number of rotatable bonds is 8. The first-order valence-electron chi connectivity index (χ1n) is 6.26. The lowest BCUT2D eigenvalue weighted by Crippen LogP contribution is -2.22. The summed E-state index contributed by atoms with van der Waals surface area (Å²) in [4.78, 5) is 0. The molecule has 2 atom stereocenters. The standard InChI is InChI=1S/C13H28O/c1-5-8-9-10-13(4,7-3)11-12(14)6-2/h12,14H,5-11H2,1-4H3. The van der Waals surface area contributed by atoms with Gasteiger partial charge in [0.15, 0.2) is 0 Å². The maximum Gasteiger partial charge on any atom is 0.0542 e. The summed E-state index contributed by atoms with van der Waals surface area (Å²) in [5.41, 5.74) is 0.366. The molecule has 0 amide bonds. The van der Waals surface area contributed by atoms with E-state index >= 15 is 0 Å². The number of hydrogen-bond acceptors (Lipinski definition) is 1. The molecule has 0 aromatic rings. The van der Waals surface area contributed by atoms with Crippen molar-refractivity contribution in [2.75, 3.05) is 0 Å². The highest BCUT2D eigenvalue weighted by Gasteiger charge is 2.24. The highest BCUT2D eigenvalue weighted by Crippen LogP contribution is 2.34. The highest BCUT2D eigenvalue weighted by atomic mass is 16.3. The van der Waals surface area contributed by atoms with Crippen molar-refractivity contribution in [1.29, 1.82) is 0 Å². The number of unbranched alkanes of at least 4 members (excludes halogenated alkanes) is 2. The van der Waals surface area contributed by atoms with E-state index in [1.807, 2.05) is 0 Å². The van der Waals surface area contributed by atoms with Gasteiger partial charge in [-0.2, -0.15) is 0 Å². The Labute approximate surface area is 89.9 Å². The van der Waals surface area contributed by atoms with Gasteiger partial charge in [0.1, 0.15) is 0 Å². The fourth-order valence-corrected chi connectivity index (χ4v) is 1.94. The molecule has 0 radical (unpaired) electrons. The third-order valence-corrected chi connectivity index (χ3v) is 3.44. The molecule has 1 N–H and O–H groups in total. The Bertz CT molecular complexity index is 133. The zero-order chi connectivity index (χ0) is 11.0. The van der Waals surface area contributed by atoms with Crippen LogP contribution in [0.4, 0.5) is 0 Å². The summed E-state index contributed by atoms with van der Waals surface area (Å²) in [6.45, 7) is 8.87. The van der Waals surface area contributed by atoms with Gasteiger partial charge in [-0.25, -0.2) is 0 Å². The summed E-state index contributed by atoms with van der Waals surface area (Å²) in [5.74, 6) is 0. The van der Waals surface area contributed by atoms with E-state index in [9.17, 15) is 5.11 Å². The molecule has 1 nitrogen and oxygen atoms in total. The van der Waals surface area contributed by atoms with Crippen molar-refractivity contribution in [3.63, 3.8) is 0 Å². The first-order valence-corrected chi connectivity index (χ1v) is 6.26. The van der Waals surface area contributed by atoms with Crippen molar-refractivity contribution in [3.8, 4) is 0 Å². The van der Waals surface area contributed by atoms with Gasteiger partial charge in [0.05, 0.1) is 6.10 Å². The van der Waals surface area contributed by atoms with Crippen LogP contribution in [0.5, 0.6) is 0 Å². The molecule has 86 valence electrons. The van der Waals surface area contributed by atoms with Gasteiger partial charge in [-0.15, -0.1) is 0 Å². The minimum atomic E-state index is -0.0958. The molecule has 0 aliphatic carbocycles. The average molecular weight is 200 g/mol. The fraction of sp³-hybridized carbons (Fsp3) is 1.00. The quantitative estimate of drug-likeness (QED) is 0.584. The molecule has 0 aromatic heterocycles. The number of aliphatic hydroxyl groups excluding tert-OH is 1. The maximum absolute atomic E-state index is 9.68. The molecule has 2 unspecified atom stereocenters. The molecule has 0 aromatic carbocycles. The first-order chi connectivity index (χ1) is 6.58. The van der Waals surface area contributed by atoms with E-state index in [1.165, 1.54) is 32.1 Å². The Hall–Kier alpha value is -0.0400. The average Bonchev–Trinajstić information content (AvgIpc) is 2.18. The molecule has 0 spiro atoms. The van der Waals surface area contributed by atoms with Gasteiger partial charge in [-0.1, -0.05) is 53.4 Å². The minimum absolute atomic E-state index is 0.0958. The Kier molecular flexibility index (Phi) is 7.26. The molecule has 0 aliphatic heterocycles. The van der Waals surface area contributed by atoms with Gasteiger partial charge in [0.25, 0.3) is 0 Å². The molecule has 0 aliphatic rings. The summed E-state index contributed by atoms with van der Waals surface area (Å²) >= 11 is 0. The fourth-order valence-electron chi connectivity index (χ4n) is 1.94. The van der Waals surface area contributed by atoms with Crippen LogP contribution in [-0.2, 0) is 0 Å². The van der Waals surface area contributed by atoms with Crippen LogP contribution in [-0.4, -0.2) is 11.2 Å². The van der Waals surface area contributed by atoms with Crippen LogP contribution in [0.2, 0.25) is 0 Å². The van der Waals surface area contributed by atoms with E-state index in [2.05, 4.69) is 27.7 Å². The minimum Gasteiger partial charge on any atom is -0.393 e. The Morgan fingerprint density at radius 1 is 1.14 bits per heavy atom. The molecular formula is C13H28O. The highest BCUT2D eigenvalue weighted by molar-refractivity contribution is 4.76. The monoisotopic (exact) mass is 200 g/mol. The Morgan fingerprint density at radius 3 is 2.21 bits per heavy atom. The number of hydrogen-bond donors (Lipinski definition) is 1. The summed E-state index contributed by atoms with van der Waals surface area (Å²) in [5, 5.41) is 9.68. The molecule has 0 bridgehead atoms. The third-order valence-electron chi connectivity index (χ3n) is 3.44. The van der Waals surface area contributed by atoms with Crippen LogP contribution in [0.3, 0.4) is 0 Å². The third kappa shape index (κ3) is 5.64. The Morgan fingerprint density at radius 2 is 1.79 bits per heavy atom. The normalized spacial score (nSPS) is 17.8. The van der Waals surface area contributed by atoms with Crippen molar-refractivity contribution < 1.29 is 5.11 Å². The van der Waals surface area contributed by atoms with Gasteiger partial charge >= 0.3 is 0 Å². The first kappa shape index (κ1) is 14.0. The zero-order valence-electron chi connectivity index (χ0n) is 10.5. The smallest absolute Gasteiger partial charge is 0.0542 e. The molecular weight excluding hydrogens is 172 g/mol. The molecule has 0 rings (SSSR count). The summed E-state index contributed by atoms with van der Waals surface area (Å²) in [6.07, 6.45) is 8.17. The predicted octanol–water partition coefficient (Wildman–Crippen LogP) is 4.14. The van der Waals surface area contributed by atoms with Gasteiger partial charge in [0, 0.05) is 0 Å². The lowest BCUT2D eigenvalue weighted by Gasteiger charge is -2.30. The second kappa shape index (κ2) is 7.28. The second-order valence-electron chi connectivity index (χ2n) is 4.89. The predicted molar refractivity (Wildman–Crippen MR) is 63.5 cm³/mol. The van der Waals surface area contributed by atoms with Gasteiger partial charge in [-0.3, -0.25) is 0 Å². The van der Waals surface area contributed by atoms with Crippen LogP contribution in [0.15, 0.2) is 0 Å². The lowest BCUT2D eigenvalue weighted by molar-refractivity contribution is 0.0928. The molecule has 0 heterocycles. The summed E-state index contributed by atoms with van der Waals surface area (Å²) in [6, 6.07) is 0. The second-order valence-corrected chi connectivity index (χ2v) is 4.89. The van der Waals surface area contributed by atoms with E-state index in [0.29, 0.717) is 5.41 Å². The zero-order valence-corrected chi connectivity index (χ0v) is 10.5. The topological polar surface area (TPSA) is 20.2 Å². The van der Waals surface area contributed by atoms with Crippen LogP contribution in [0.1, 0.15) is 72.6 Å². The van der Waals surface area contributed by atoms with Gasteiger partial charge in [0.2, 0.25) is 0 Å². The van der Waals surface area contributed by atoms with E-state index in [4.69, 9.17) is 0 Å². The molecule has 0 fully saturated rings. The van der Waals surface area contributed by atoms with Crippen molar-refractivity contribution in [1.82, 2.24) is 0 Å². The van der Waals surface area contributed by atoms with Crippen LogP contribution in [0, 0.1) is 5.41 Å².